The highest BCUT2D eigenvalue weighted by atomic mass is 35.5. The molecule has 3 heterocycles. The van der Waals surface area contributed by atoms with Gasteiger partial charge in [-0.3, -0.25) is 4.68 Å². The zero-order chi connectivity index (χ0) is 14.5. The summed E-state index contributed by atoms with van der Waals surface area (Å²) in [5.41, 5.74) is 1.31. The summed E-state index contributed by atoms with van der Waals surface area (Å²) in [5.74, 6) is 1.51. The number of halogens is 1. The lowest BCUT2D eigenvalue weighted by Crippen LogP contribution is -2.40. The predicted molar refractivity (Wildman–Crippen MR) is 90.6 cm³/mol. The van der Waals surface area contributed by atoms with Gasteiger partial charge in [0.2, 0.25) is 0 Å². The minimum absolute atomic E-state index is 0. The van der Waals surface area contributed by atoms with E-state index in [1.165, 1.54) is 64.1 Å². The molecule has 0 atom stereocenters. The lowest BCUT2D eigenvalue weighted by atomic mass is 9.91. The Balaban J connectivity index is 0.00000176. The zero-order valence-electron chi connectivity index (χ0n) is 13.3. The highest BCUT2D eigenvalue weighted by Gasteiger charge is 2.25. The summed E-state index contributed by atoms with van der Waals surface area (Å²) in [7, 11) is 0. The maximum atomic E-state index is 9.11. The Kier molecular flexibility index (Phi) is 7.15. The molecule has 0 radical (unpaired) electrons. The van der Waals surface area contributed by atoms with E-state index in [-0.39, 0.29) is 19.0 Å². The molecule has 0 saturated carbocycles. The highest BCUT2D eigenvalue weighted by Crippen LogP contribution is 2.28. The van der Waals surface area contributed by atoms with Crippen LogP contribution in [0.4, 0.5) is 0 Å². The van der Waals surface area contributed by atoms with Gasteiger partial charge < -0.3 is 15.3 Å². The van der Waals surface area contributed by atoms with Crippen molar-refractivity contribution >= 4 is 12.4 Å². The summed E-state index contributed by atoms with van der Waals surface area (Å²) in [5, 5.41) is 16.9. The van der Waals surface area contributed by atoms with Crippen LogP contribution in [0.5, 0.6) is 0 Å². The van der Waals surface area contributed by atoms with Crippen molar-refractivity contribution in [3.05, 3.63) is 18.0 Å². The molecule has 1 aromatic rings. The van der Waals surface area contributed by atoms with Gasteiger partial charge >= 0.3 is 0 Å². The Morgan fingerprint density at radius 3 is 2.59 bits per heavy atom. The number of rotatable bonds is 5. The molecule has 2 fully saturated rings. The van der Waals surface area contributed by atoms with Crippen LogP contribution in [-0.2, 0) is 6.54 Å². The minimum atomic E-state index is 0. The standard InChI is InChI=1S/C16H28N4O.ClH/c21-12-11-20-16(3-8-18-20)15-4-9-19(10-5-15)13-14-1-6-17-7-2-14;/h3,8,14-15,17,21H,1-2,4-7,9-13H2;1H. The number of nitrogens with one attached hydrogen (secondary N) is 1. The summed E-state index contributed by atoms with van der Waals surface area (Å²) >= 11 is 0. The van der Waals surface area contributed by atoms with Crippen LogP contribution < -0.4 is 5.32 Å². The number of aliphatic hydroxyl groups is 1. The molecule has 0 spiro atoms. The molecule has 1 aromatic heterocycles. The van der Waals surface area contributed by atoms with Crippen LogP contribution in [0.3, 0.4) is 0 Å². The average molecular weight is 329 g/mol. The SMILES string of the molecule is Cl.OCCn1nccc1C1CCN(CC2CCNCC2)CC1. The molecule has 0 bridgehead atoms. The predicted octanol–water partition coefficient (Wildman–Crippen LogP) is 1.48. The van der Waals surface area contributed by atoms with Crippen LogP contribution in [0.15, 0.2) is 12.3 Å². The first-order valence-electron chi connectivity index (χ1n) is 8.42. The van der Waals surface area contributed by atoms with E-state index >= 15 is 0 Å². The quantitative estimate of drug-likeness (QED) is 0.859. The molecule has 2 aliphatic heterocycles. The van der Waals surface area contributed by atoms with Crippen LogP contribution in [0.2, 0.25) is 0 Å². The molecular weight excluding hydrogens is 300 g/mol. The van der Waals surface area contributed by atoms with Gasteiger partial charge in [-0.1, -0.05) is 0 Å². The molecule has 2 N–H and O–H groups in total. The highest BCUT2D eigenvalue weighted by molar-refractivity contribution is 5.85. The second-order valence-electron chi connectivity index (χ2n) is 6.47. The Hall–Kier alpha value is -0.620. The number of aromatic nitrogens is 2. The van der Waals surface area contributed by atoms with Crippen molar-refractivity contribution in [1.29, 1.82) is 0 Å². The van der Waals surface area contributed by atoms with E-state index < -0.39 is 0 Å². The molecule has 126 valence electrons. The number of piperidine rings is 2. The van der Waals surface area contributed by atoms with Crippen molar-refractivity contribution in [2.75, 3.05) is 39.3 Å². The van der Waals surface area contributed by atoms with Gasteiger partial charge in [-0.25, -0.2) is 0 Å². The molecule has 0 amide bonds. The lowest BCUT2D eigenvalue weighted by Gasteiger charge is -2.35. The molecule has 5 nitrogen and oxygen atoms in total. The summed E-state index contributed by atoms with van der Waals surface area (Å²) in [6.07, 6.45) is 6.99. The molecule has 0 aliphatic carbocycles. The van der Waals surface area contributed by atoms with Gasteiger partial charge in [0.15, 0.2) is 0 Å². The lowest BCUT2D eigenvalue weighted by molar-refractivity contribution is 0.164. The maximum Gasteiger partial charge on any atom is 0.0644 e. The van der Waals surface area contributed by atoms with Gasteiger partial charge in [-0.05, 0) is 63.8 Å². The number of aliphatic hydroxyl groups excluding tert-OH is 1. The van der Waals surface area contributed by atoms with Crippen molar-refractivity contribution in [3.63, 3.8) is 0 Å². The van der Waals surface area contributed by atoms with Crippen LogP contribution in [0.25, 0.3) is 0 Å². The van der Waals surface area contributed by atoms with Gasteiger partial charge in [-0.15, -0.1) is 12.4 Å². The second kappa shape index (κ2) is 8.87. The topological polar surface area (TPSA) is 53.3 Å². The van der Waals surface area contributed by atoms with Crippen LogP contribution in [0.1, 0.15) is 37.3 Å². The number of hydrogen-bond donors (Lipinski definition) is 2. The average Bonchev–Trinajstić information content (AvgIpc) is 2.98. The van der Waals surface area contributed by atoms with E-state index in [4.69, 9.17) is 5.11 Å². The van der Waals surface area contributed by atoms with E-state index in [0.29, 0.717) is 12.5 Å². The Labute approximate surface area is 139 Å². The summed E-state index contributed by atoms with van der Waals surface area (Å²) in [6.45, 7) is 6.88. The Morgan fingerprint density at radius 1 is 1.18 bits per heavy atom. The van der Waals surface area contributed by atoms with E-state index in [0.717, 1.165) is 5.92 Å². The molecule has 6 heteroatoms. The Bertz CT molecular complexity index is 426. The fraction of sp³-hybridized carbons (Fsp3) is 0.812. The van der Waals surface area contributed by atoms with Crippen molar-refractivity contribution in [2.24, 2.45) is 5.92 Å². The van der Waals surface area contributed by atoms with Crippen molar-refractivity contribution in [2.45, 2.75) is 38.1 Å². The van der Waals surface area contributed by atoms with E-state index in [1.54, 1.807) is 0 Å². The van der Waals surface area contributed by atoms with Gasteiger partial charge in [0.05, 0.1) is 13.2 Å². The normalized spacial score (nSPS) is 21.7. The van der Waals surface area contributed by atoms with Crippen molar-refractivity contribution in [3.8, 4) is 0 Å². The second-order valence-corrected chi connectivity index (χ2v) is 6.47. The monoisotopic (exact) mass is 328 g/mol. The van der Waals surface area contributed by atoms with Gasteiger partial charge in [0.25, 0.3) is 0 Å². The van der Waals surface area contributed by atoms with Crippen LogP contribution in [-0.4, -0.2) is 59.1 Å². The number of likely N-dealkylation sites (tertiary alicyclic amines) is 1. The molecule has 0 unspecified atom stereocenters. The molecular formula is C16H29ClN4O. The van der Waals surface area contributed by atoms with E-state index in [2.05, 4.69) is 21.4 Å². The third kappa shape index (κ3) is 4.44. The zero-order valence-corrected chi connectivity index (χ0v) is 14.1. The van der Waals surface area contributed by atoms with E-state index in [1.807, 2.05) is 10.9 Å². The van der Waals surface area contributed by atoms with Crippen LogP contribution in [0, 0.1) is 5.92 Å². The fourth-order valence-electron chi connectivity index (χ4n) is 3.81. The summed E-state index contributed by atoms with van der Waals surface area (Å²) < 4.78 is 1.98. The minimum Gasteiger partial charge on any atom is -0.394 e. The van der Waals surface area contributed by atoms with Crippen molar-refractivity contribution in [1.82, 2.24) is 20.0 Å². The van der Waals surface area contributed by atoms with Crippen LogP contribution >= 0.6 is 12.4 Å². The summed E-state index contributed by atoms with van der Waals surface area (Å²) in [4.78, 5) is 2.65. The smallest absolute Gasteiger partial charge is 0.0644 e. The van der Waals surface area contributed by atoms with Crippen molar-refractivity contribution < 1.29 is 5.11 Å². The molecule has 2 saturated heterocycles. The van der Waals surface area contributed by atoms with Gasteiger partial charge in [0.1, 0.15) is 0 Å². The first-order valence-corrected chi connectivity index (χ1v) is 8.42. The molecule has 2 aliphatic rings. The number of hydrogen-bond acceptors (Lipinski definition) is 4. The Morgan fingerprint density at radius 2 is 1.91 bits per heavy atom. The third-order valence-electron chi connectivity index (χ3n) is 5.04. The summed E-state index contributed by atoms with van der Waals surface area (Å²) in [6, 6.07) is 2.13. The first kappa shape index (κ1) is 17.7. The maximum absolute atomic E-state index is 9.11. The molecule has 3 rings (SSSR count). The van der Waals surface area contributed by atoms with Gasteiger partial charge in [0, 0.05) is 24.4 Å². The number of nitrogens with zero attached hydrogens (tertiary/aromatic N) is 3. The molecule has 22 heavy (non-hydrogen) atoms. The first-order chi connectivity index (χ1) is 10.4. The van der Waals surface area contributed by atoms with E-state index in [9.17, 15) is 0 Å². The molecule has 0 aromatic carbocycles. The van der Waals surface area contributed by atoms with Gasteiger partial charge in [-0.2, -0.15) is 5.10 Å². The fourth-order valence-corrected chi connectivity index (χ4v) is 3.81. The largest absolute Gasteiger partial charge is 0.394 e. The third-order valence-corrected chi connectivity index (χ3v) is 5.04.